The number of anilines is 1. The van der Waals surface area contributed by atoms with Crippen molar-refractivity contribution in [3.05, 3.63) is 180 Å². The maximum atomic E-state index is 6.87. The highest BCUT2D eigenvalue weighted by Gasteiger charge is 2.47. The van der Waals surface area contributed by atoms with Gasteiger partial charge in [-0.2, -0.15) is 0 Å². The average Bonchev–Trinajstić information content (AvgIpc) is 3.53. The lowest BCUT2D eigenvalue weighted by atomic mass is 9.99. The van der Waals surface area contributed by atoms with Crippen LogP contribution in [0.25, 0.3) is 17.0 Å². The van der Waals surface area contributed by atoms with E-state index in [1.165, 1.54) is 0 Å². The zero-order chi connectivity index (χ0) is 34.0. The minimum Gasteiger partial charge on any atom is -0.374 e. The molecule has 252 valence electrons. The van der Waals surface area contributed by atoms with Gasteiger partial charge in [-0.05, 0) is 46.0 Å². The van der Waals surface area contributed by atoms with E-state index in [-0.39, 0.29) is 6.10 Å². The van der Waals surface area contributed by atoms with Crippen LogP contribution < -0.4 is 5.32 Å². The first-order valence-electron chi connectivity index (χ1n) is 17.0. The van der Waals surface area contributed by atoms with Crippen molar-refractivity contribution in [2.24, 2.45) is 0 Å². The summed E-state index contributed by atoms with van der Waals surface area (Å²) in [6, 6.07) is 47.0. The fourth-order valence-corrected chi connectivity index (χ4v) is 6.26. The molecule has 7 nitrogen and oxygen atoms in total. The van der Waals surface area contributed by atoms with Gasteiger partial charge in [0.25, 0.3) is 0 Å². The van der Waals surface area contributed by atoms with E-state index in [9.17, 15) is 0 Å². The molecule has 4 atom stereocenters. The lowest BCUT2D eigenvalue weighted by Crippen LogP contribution is -2.37. The Morgan fingerprint density at radius 1 is 0.640 bits per heavy atom. The normalized spacial score (nSPS) is 18.6. The fraction of sp³-hybridized carbons (Fsp3) is 0.209. The largest absolute Gasteiger partial charge is 0.374 e. The number of nitrogens with one attached hydrogen (secondary N) is 1. The first-order chi connectivity index (χ1) is 24.7. The van der Waals surface area contributed by atoms with E-state index in [0.29, 0.717) is 38.8 Å². The monoisotopic (exact) mass is 663 g/mol. The zero-order valence-electron chi connectivity index (χ0n) is 27.9. The molecule has 0 aliphatic carbocycles. The lowest BCUT2D eigenvalue weighted by molar-refractivity contribution is -0.0898. The van der Waals surface area contributed by atoms with Gasteiger partial charge in [0.2, 0.25) is 0 Å². The summed E-state index contributed by atoms with van der Waals surface area (Å²) in [5, 5.41) is 4.42. The summed E-state index contributed by atoms with van der Waals surface area (Å²) in [6.07, 6.45) is 0.0505. The summed E-state index contributed by atoms with van der Waals surface area (Å²) >= 11 is 0. The summed E-state index contributed by atoms with van der Waals surface area (Å²) < 4.78 is 26.6. The van der Waals surface area contributed by atoms with Crippen LogP contribution in [0.4, 0.5) is 5.82 Å². The third-order valence-electron chi connectivity index (χ3n) is 8.83. The van der Waals surface area contributed by atoms with Crippen molar-refractivity contribution >= 4 is 22.8 Å². The van der Waals surface area contributed by atoms with Crippen LogP contribution in [-0.2, 0) is 45.3 Å². The van der Waals surface area contributed by atoms with Crippen LogP contribution >= 0.6 is 0 Å². The van der Waals surface area contributed by atoms with Gasteiger partial charge < -0.3 is 24.3 Å². The molecule has 0 bridgehead atoms. The Labute approximate surface area is 293 Å². The molecule has 0 radical (unpaired) electrons. The maximum Gasteiger partial charge on any atom is 0.154 e. The van der Waals surface area contributed by atoms with Crippen molar-refractivity contribution in [1.82, 2.24) is 9.97 Å². The van der Waals surface area contributed by atoms with Crippen LogP contribution in [0, 0.1) is 0 Å². The number of rotatable bonds is 15. The van der Waals surface area contributed by atoms with Crippen LogP contribution in [0.2, 0.25) is 0 Å². The van der Waals surface area contributed by atoms with Gasteiger partial charge in [-0.1, -0.05) is 134 Å². The molecule has 0 unspecified atom stereocenters. The summed E-state index contributed by atoms with van der Waals surface area (Å²) in [5.41, 5.74) is 6.15. The van der Waals surface area contributed by atoms with Gasteiger partial charge in [0.1, 0.15) is 30.2 Å². The first kappa shape index (κ1) is 33.3. The van der Waals surface area contributed by atoms with Gasteiger partial charge in [0, 0.05) is 11.9 Å². The van der Waals surface area contributed by atoms with Crippen molar-refractivity contribution in [2.45, 2.75) is 50.8 Å². The molecular formula is C43H41N3O4. The Kier molecular flexibility index (Phi) is 11.0. The number of hydrogen-bond acceptors (Lipinski definition) is 7. The van der Waals surface area contributed by atoms with E-state index in [2.05, 4.69) is 78.6 Å². The van der Waals surface area contributed by atoms with E-state index in [1.54, 1.807) is 6.08 Å². The number of aromatic nitrogens is 2. The topological polar surface area (TPSA) is 74.7 Å². The maximum absolute atomic E-state index is 6.87. The fourth-order valence-electron chi connectivity index (χ4n) is 6.26. The number of ether oxygens (including phenoxy) is 4. The Morgan fingerprint density at radius 2 is 1.20 bits per heavy atom. The standard InChI is InChI=1S/C43H41N3O4/c1-2-39-45-37-25-35(23-24-36(37)43(46-39)44-26-31-15-7-3-8-16-31)40-42(49-29-34-21-13-6-14-22-34)41(48-28-33-19-11-5-12-20-33)38(50-40)30-47-27-32-17-9-4-10-18-32/h2-25,38,40-42H,1,26-30H2,(H,44,45,46)/t38-,40+,41-,42+/m1/s1. The van der Waals surface area contributed by atoms with Crippen molar-refractivity contribution in [1.29, 1.82) is 0 Å². The van der Waals surface area contributed by atoms with Gasteiger partial charge in [-0.15, -0.1) is 0 Å². The lowest BCUT2D eigenvalue weighted by Gasteiger charge is -2.25. The Bertz CT molecular complexity index is 1960. The molecule has 50 heavy (non-hydrogen) atoms. The van der Waals surface area contributed by atoms with Crippen molar-refractivity contribution in [2.75, 3.05) is 11.9 Å². The highest BCUT2D eigenvalue weighted by Crippen LogP contribution is 2.40. The van der Waals surface area contributed by atoms with Gasteiger partial charge in [-0.25, -0.2) is 9.97 Å². The summed E-state index contributed by atoms with van der Waals surface area (Å²) in [7, 11) is 0. The molecular weight excluding hydrogens is 622 g/mol. The summed E-state index contributed by atoms with van der Waals surface area (Å²) in [5.74, 6) is 1.30. The van der Waals surface area contributed by atoms with E-state index < -0.39 is 18.3 Å². The highest BCUT2D eigenvalue weighted by molar-refractivity contribution is 5.90. The average molecular weight is 664 g/mol. The summed E-state index contributed by atoms with van der Waals surface area (Å²) in [4.78, 5) is 9.58. The molecule has 0 amide bonds. The van der Waals surface area contributed by atoms with Gasteiger partial charge >= 0.3 is 0 Å². The SMILES string of the molecule is C=Cc1nc(NCc2ccccc2)c2ccc([C@@H]3O[C@H](COCc4ccccc4)[C@@H](OCc4ccccc4)[C@H]3OCc3ccccc3)cc2n1. The Morgan fingerprint density at radius 3 is 1.80 bits per heavy atom. The number of nitrogens with zero attached hydrogens (tertiary/aromatic N) is 2. The second-order valence-corrected chi connectivity index (χ2v) is 12.4. The molecule has 1 saturated heterocycles. The van der Waals surface area contributed by atoms with Gasteiger partial charge in [0.05, 0.1) is 31.9 Å². The van der Waals surface area contributed by atoms with Crippen LogP contribution in [0.1, 0.15) is 39.7 Å². The molecule has 1 aliphatic rings. The predicted octanol–water partition coefficient (Wildman–Crippen LogP) is 8.71. The highest BCUT2D eigenvalue weighted by atomic mass is 16.6. The second-order valence-electron chi connectivity index (χ2n) is 12.4. The molecule has 2 heterocycles. The molecule has 0 spiro atoms. The van der Waals surface area contributed by atoms with E-state index >= 15 is 0 Å². The van der Waals surface area contributed by atoms with E-state index in [0.717, 1.165) is 44.5 Å². The van der Waals surface area contributed by atoms with Crippen molar-refractivity contribution < 1.29 is 18.9 Å². The van der Waals surface area contributed by atoms with Gasteiger partial charge in [0.15, 0.2) is 5.82 Å². The Hall–Kier alpha value is -5.18. The number of hydrogen-bond donors (Lipinski definition) is 1. The molecule has 7 heteroatoms. The second kappa shape index (κ2) is 16.5. The number of benzene rings is 5. The van der Waals surface area contributed by atoms with Crippen molar-refractivity contribution in [3.8, 4) is 0 Å². The molecule has 1 aliphatic heterocycles. The summed E-state index contributed by atoms with van der Waals surface area (Å²) in [6.45, 7) is 6.25. The first-order valence-corrected chi connectivity index (χ1v) is 17.0. The third-order valence-corrected chi connectivity index (χ3v) is 8.83. The minimum atomic E-state index is -0.433. The van der Waals surface area contributed by atoms with E-state index in [4.69, 9.17) is 28.9 Å². The predicted molar refractivity (Wildman–Crippen MR) is 197 cm³/mol. The molecule has 1 N–H and O–H groups in total. The van der Waals surface area contributed by atoms with Crippen LogP contribution in [0.15, 0.2) is 146 Å². The minimum absolute atomic E-state index is 0.347. The van der Waals surface area contributed by atoms with Crippen LogP contribution in [-0.4, -0.2) is 34.9 Å². The smallest absolute Gasteiger partial charge is 0.154 e. The zero-order valence-corrected chi connectivity index (χ0v) is 27.9. The quantitative estimate of drug-likeness (QED) is 0.118. The number of fused-ring (bicyclic) bond motifs is 1. The Balaban J connectivity index is 1.20. The van der Waals surface area contributed by atoms with Crippen LogP contribution in [0.3, 0.4) is 0 Å². The molecule has 0 saturated carbocycles. The van der Waals surface area contributed by atoms with Gasteiger partial charge in [-0.3, -0.25) is 0 Å². The molecule has 1 fully saturated rings. The molecule has 5 aromatic carbocycles. The van der Waals surface area contributed by atoms with Crippen LogP contribution in [0.5, 0.6) is 0 Å². The van der Waals surface area contributed by atoms with Crippen molar-refractivity contribution in [3.63, 3.8) is 0 Å². The molecule has 7 rings (SSSR count). The molecule has 6 aromatic rings. The third kappa shape index (κ3) is 8.33. The molecule has 1 aromatic heterocycles. The van der Waals surface area contributed by atoms with E-state index in [1.807, 2.05) is 72.8 Å².